The molecule has 8 heteroatoms. The van der Waals surface area contributed by atoms with E-state index < -0.39 is 51.4 Å². The van der Waals surface area contributed by atoms with Crippen LogP contribution in [0.1, 0.15) is 19.3 Å². The van der Waals surface area contributed by atoms with Crippen molar-refractivity contribution in [2.24, 2.45) is 35.5 Å². The molecular weight excluding hydrogens is 336 g/mol. The maximum absolute atomic E-state index is 12.7. The van der Waals surface area contributed by atoms with Gasteiger partial charge in [0.2, 0.25) is 0 Å². The number of esters is 1. The standard InChI is InChI=1S/C16H18O7S/c17-15(18)11-6-1-2-7(3-6)12(11)16(19)22-13-8-4-9-10(5-8)24(20,21)23-14(9)13/h1-2,6-14H,3-5H2,(H,17,18). The lowest BCUT2D eigenvalue weighted by molar-refractivity contribution is -0.167. The molecule has 1 aliphatic heterocycles. The van der Waals surface area contributed by atoms with E-state index in [2.05, 4.69) is 0 Å². The number of carboxylic acid groups (broad SMARTS) is 1. The number of carboxylic acids is 1. The minimum Gasteiger partial charge on any atom is -0.481 e. The van der Waals surface area contributed by atoms with Crippen LogP contribution in [0.4, 0.5) is 0 Å². The number of fused-ring (bicyclic) bond motifs is 3. The van der Waals surface area contributed by atoms with Gasteiger partial charge < -0.3 is 9.84 Å². The van der Waals surface area contributed by atoms with Gasteiger partial charge in [0.25, 0.3) is 10.1 Å². The molecule has 9 unspecified atom stereocenters. The highest BCUT2D eigenvalue weighted by Crippen LogP contribution is 2.56. The fourth-order valence-corrected chi connectivity index (χ4v) is 7.62. The Morgan fingerprint density at radius 1 is 1.08 bits per heavy atom. The number of carbonyl (C=O) groups excluding carboxylic acids is 1. The number of hydrogen-bond acceptors (Lipinski definition) is 6. The molecule has 0 aromatic rings. The summed E-state index contributed by atoms with van der Waals surface area (Å²) in [5.41, 5.74) is 0. The molecule has 4 bridgehead atoms. The fraction of sp³-hybridized carbons (Fsp3) is 0.750. The molecule has 5 aliphatic rings. The highest BCUT2D eigenvalue weighted by molar-refractivity contribution is 7.87. The SMILES string of the molecule is O=C(O)C1C2C=CC(C2)C1C(=O)OC1C2CC3C1OS(=O)(=O)C3C2. The highest BCUT2D eigenvalue weighted by Gasteiger charge is 2.66. The monoisotopic (exact) mass is 354 g/mol. The quantitative estimate of drug-likeness (QED) is 0.448. The first kappa shape index (κ1) is 14.9. The van der Waals surface area contributed by atoms with Crippen molar-refractivity contribution < 1.29 is 32.0 Å². The summed E-state index contributed by atoms with van der Waals surface area (Å²) in [7, 11) is -3.55. The molecule has 5 rings (SSSR count). The number of rotatable bonds is 3. The Kier molecular flexibility index (Phi) is 2.86. The van der Waals surface area contributed by atoms with Crippen molar-refractivity contribution in [2.75, 3.05) is 0 Å². The zero-order valence-electron chi connectivity index (χ0n) is 12.8. The Bertz CT molecular complexity index is 756. The van der Waals surface area contributed by atoms with E-state index in [4.69, 9.17) is 8.92 Å². The second-order valence-corrected chi connectivity index (χ2v) is 9.51. The van der Waals surface area contributed by atoms with Gasteiger partial charge in [0.1, 0.15) is 12.2 Å². The molecule has 130 valence electrons. The van der Waals surface area contributed by atoms with Gasteiger partial charge in [0, 0.05) is 11.8 Å². The third-order valence-corrected chi connectivity index (χ3v) is 8.46. The Morgan fingerprint density at radius 2 is 1.79 bits per heavy atom. The molecule has 9 atom stereocenters. The summed E-state index contributed by atoms with van der Waals surface area (Å²) in [5.74, 6) is -3.20. The van der Waals surface area contributed by atoms with Crippen LogP contribution in [0.25, 0.3) is 0 Å². The predicted molar refractivity (Wildman–Crippen MR) is 79.0 cm³/mol. The topological polar surface area (TPSA) is 107 Å². The largest absolute Gasteiger partial charge is 0.481 e. The van der Waals surface area contributed by atoms with Gasteiger partial charge in [-0.15, -0.1) is 0 Å². The Labute approximate surface area is 139 Å². The van der Waals surface area contributed by atoms with Crippen LogP contribution < -0.4 is 0 Å². The molecule has 1 saturated heterocycles. The highest BCUT2D eigenvalue weighted by atomic mass is 32.2. The molecule has 1 N–H and O–H groups in total. The summed E-state index contributed by atoms with van der Waals surface area (Å²) in [6.07, 6.45) is 4.48. The van der Waals surface area contributed by atoms with Crippen LogP contribution in [-0.4, -0.2) is 42.9 Å². The van der Waals surface area contributed by atoms with Gasteiger partial charge in [-0.25, -0.2) is 0 Å². The van der Waals surface area contributed by atoms with E-state index >= 15 is 0 Å². The number of hydrogen-bond donors (Lipinski definition) is 1. The van der Waals surface area contributed by atoms with E-state index in [0.29, 0.717) is 19.3 Å². The molecule has 0 radical (unpaired) electrons. The van der Waals surface area contributed by atoms with E-state index in [1.54, 1.807) is 0 Å². The van der Waals surface area contributed by atoms with Gasteiger partial charge in [0.05, 0.1) is 17.1 Å². The van der Waals surface area contributed by atoms with Gasteiger partial charge in [-0.1, -0.05) is 12.2 Å². The maximum Gasteiger partial charge on any atom is 0.310 e. The maximum atomic E-state index is 12.7. The lowest BCUT2D eigenvalue weighted by Gasteiger charge is -2.29. The van der Waals surface area contributed by atoms with Crippen LogP contribution in [-0.2, 0) is 28.6 Å². The van der Waals surface area contributed by atoms with Gasteiger partial charge in [-0.2, -0.15) is 8.42 Å². The van der Waals surface area contributed by atoms with Crippen molar-refractivity contribution in [1.29, 1.82) is 0 Å². The minimum absolute atomic E-state index is 0.00337. The fourth-order valence-electron chi connectivity index (χ4n) is 5.74. The second kappa shape index (κ2) is 4.60. The molecule has 1 heterocycles. The van der Waals surface area contributed by atoms with E-state index in [1.165, 1.54) is 0 Å². The third kappa shape index (κ3) is 1.78. The van der Waals surface area contributed by atoms with Crippen molar-refractivity contribution in [2.45, 2.75) is 36.7 Å². The molecule has 0 amide bonds. The molecule has 0 aromatic heterocycles. The van der Waals surface area contributed by atoms with Gasteiger partial charge in [0.15, 0.2) is 0 Å². The molecule has 4 fully saturated rings. The normalized spacial score (nSPS) is 52.1. The van der Waals surface area contributed by atoms with Crippen molar-refractivity contribution in [3.8, 4) is 0 Å². The lowest BCUT2D eigenvalue weighted by Crippen LogP contribution is -2.41. The van der Waals surface area contributed by atoms with Gasteiger partial charge in [-0.05, 0) is 31.1 Å². The van der Waals surface area contributed by atoms with Crippen LogP contribution >= 0.6 is 0 Å². The molecule has 0 aromatic carbocycles. The van der Waals surface area contributed by atoms with E-state index in [9.17, 15) is 23.1 Å². The van der Waals surface area contributed by atoms with Crippen molar-refractivity contribution in [1.82, 2.24) is 0 Å². The van der Waals surface area contributed by atoms with E-state index in [0.717, 1.165) is 0 Å². The van der Waals surface area contributed by atoms with Crippen LogP contribution in [0.15, 0.2) is 12.2 Å². The second-order valence-electron chi connectivity index (χ2n) is 7.73. The van der Waals surface area contributed by atoms with Crippen LogP contribution in [0.2, 0.25) is 0 Å². The average molecular weight is 354 g/mol. The molecule has 24 heavy (non-hydrogen) atoms. The zero-order chi connectivity index (χ0) is 16.8. The molecular formula is C16H18O7S. The minimum atomic E-state index is -3.55. The molecule has 3 saturated carbocycles. The van der Waals surface area contributed by atoms with Crippen LogP contribution in [0.3, 0.4) is 0 Å². The van der Waals surface area contributed by atoms with Crippen LogP contribution in [0.5, 0.6) is 0 Å². The summed E-state index contributed by atoms with van der Waals surface area (Å²) in [6, 6.07) is 0. The van der Waals surface area contributed by atoms with Gasteiger partial charge >= 0.3 is 11.9 Å². The molecule has 0 spiro atoms. The Morgan fingerprint density at radius 3 is 2.50 bits per heavy atom. The first-order chi connectivity index (χ1) is 11.4. The van der Waals surface area contributed by atoms with Crippen LogP contribution in [0, 0.1) is 35.5 Å². The molecule has 7 nitrogen and oxygen atoms in total. The Balaban J connectivity index is 1.37. The summed E-state index contributed by atoms with van der Waals surface area (Å²) in [4.78, 5) is 24.2. The number of carbonyl (C=O) groups is 2. The number of allylic oxidation sites excluding steroid dienone is 2. The first-order valence-corrected chi connectivity index (χ1v) is 9.87. The summed E-state index contributed by atoms with van der Waals surface area (Å²) in [5, 5.41) is 8.99. The van der Waals surface area contributed by atoms with E-state index in [1.807, 2.05) is 12.2 Å². The molecule has 4 aliphatic carbocycles. The predicted octanol–water partition coefficient (Wildman–Crippen LogP) is 0.558. The average Bonchev–Trinajstić information content (AvgIpc) is 3.26. The first-order valence-electron chi connectivity index (χ1n) is 8.40. The van der Waals surface area contributed by atoms with Crippen molar-refractivity contribution >= 4 is 22.1 Å². The lowest BCUT2D eigenvalue weighted by atomic mass is 9.83. The number of ether oxygens (including phenoxy) is 1. The van der Waals surface area contributed by atoms with Gasteiger partial charge in [-0.3, -0.25) is 13.8 Å². The Hall–Kier alpha value is -1.41. The van der Waals surface area contributed by atoms with Crippen molar-refractivity contribution in [3.63, 3.8) is 0 Å². The smallest absolute Gasteiger partial charge is 0.310 e. The summed E-state index contributed by atoms with van der Waals surface area (Å²) < 4.78 is 34.8. The summed E-state index contributed by atoms with van der Waals surface area (Å²) in [6.45, 7) is 0. The van der Waals surface area contributed by atoms with E-state index in [-0.39, 0.29) is 23.7 Å². The summed E-state index contributed by atoms with van der Waals surface area (Å²) >= 11 is 0. The zero-order valence-corrected chi connectivity index (χ0v) is 13.6. The van der Waals surface area contributed by atoms with Crippen molar-refractivity contribution in [3.05, 3.63) is 12.2 Å². The third-order valence-electron chi connectivity index (χ3n) is 6.68. The number of aliphatic carboxylic acids is 1.